The van der Waals surface area contributed by atoms with Crippen molar-refractivity contribution in [2.75, 3.05) is 38.1 Å². The Balaban J connectivity index is 0.711. The Morgan fingerprint density at radius 1 is 0.714 bits per heavy atom. The van der Waals surface area contributed by atoms with E-state index in [4.69, 9.17) is 27.9 Å². The first kappa shape index (κ1) is 53.0. The topological polar surface area (TPSA) is 258 Å². The quantitative estimate of drug-likeness (QED) is 0.0410. The van der Waals surface area contributed by atoms with E-state index in [0.29, 0.717) is 51.9 Å². The fraction of sp³-hybridized carbons (Fsp3) is 0.510. The van der Waals surface area contributed by atoms with Gasteiger partial charge in [0.05, 0.1) is 38.6 Å². The molecule has 9 amide bonds. The summed E-state index contributed by atoms with van der Waals surface area (Å²) < 4.78 is 5.63. The molecule has 21 heteroatoms. The molecule has 3 aliphatic heterocycles. The molecule has 1 aromatic heterocycles. The van der Waals surface area contributed by atoms with Gasteiger partial charge in [0.2, 0.25) is 23.6 Å². The van der Waals surface area contributed by atoms with Crippen molar-refractivity contribution in [2.45, 2.75) is 128 Å². The number of unbranched alkanes of at least 4 members (excludes halogenated alkanes) is 10. The van der Waals surface area contributed by atoms with Gasteiger partial charge in [0.15, 0.2) is 6.61 Å². The number of likely N-dealkylation sites (tertiary alicyclic amines) is 1. The molecule has 0 spiro atoms. The van der Waals surface area contributed by atoms with Crippen LogP contribution in [0, 0.1) is 0 Å². The number of halogens is 2. The van der Waals surface area contributed by atoms with Crippen molar-refractivity contribution in [3.8, 4) is 5.75 Å². The van der Waals surface area contributed by atoms with Crippen molar-refractivity contribution in [3.63, 3.8) is 0 Å². The lowest BCUT2D eigenvalue weighted by molar-refractivity contribution is -0.136. The van der Waals surface area contributed by atoms with E-state index in [2.05, 4.69) is 36.8 Å². The smallest absolute Gasteiger partial charge is 0.271 e. The molecule has 1 unspecified atom stereocenters. The highest BCUT2D eigenvalue weighted by atomic mass is 35.5. The number of ether oxygens (including phenoxy) is 1. The number of aromatic amines is 1. The van der Waals surface area contributed by atoms with Crippen LogP contribution >= 0.6 is 23.2 Å². The molecule has 3 aromatic rings. The van der Waals surface area contributed by atoms with Crippen LogP contribution in [0.4, 0.5) is 5.69 Å². The Hall–Kier alpha value is -6.34. The number of hydrogen-bond acceptors (Lipinski definition) is 11. The fourth-order valence-electron chi connectivity index (χ4n) is 8.71. The molecule has 6 N–H and O–H groups in total. The number of amides is 9. The van der Waals surface area contributed by atoms with E-state index in [9.17, 15) is 43.2 Å². The van der Waals surface area contributed by atoms with Crippen LogP contribution in [0.5, 0.6) is 5.75 Å². The van der Waals surface area contributed by atoms with Crippen molar-refractivity contribution >= 4 is 82.1 Å². The Labute approximate surface area is 416 Å². The largest absolute Gasteiger partial charge is 0.483 e. The zero-order chi connectivity index (χ0) is 50.0. The Morgan fingerprint density at radius 3 is 2.00 bits per heavy atom. The van der Waals surface area contributed by atoms with E-state index in [1.54, 1.807) is 18.2 Å². The highest BCUT2D eigenvalue weighted by molar-refractivity contribution is 6.40. The number of piperidine rings is 2. The van der Waals surface area contributed by atoms with Gasteiger partial charge in [-0.1, -0.05) is 86.7 Å². The van der Waals surface area contributed by atoms with Gasteiger partial charge in [-0.15, -0.1) is 0 Å². The maximum Gasteiger partial charge on any atom is 0.271 e. The normalized spacial score (nSPS) is 15.9. The van der Waals surface area contributed by atoms with Gasteiger partial charge in [0, 0.05) is 51.5 Å². The number of H-pyrrole nitrogens is 1. The van der Waals surface area contributed by atoms with Crippen molar-refractivity contribution < 1.29 is 47.9 Å². The maximum atomic E-state index is 13.2. The first-order chi connectivity index (χ1) is 33.8. The number of benzene rings is 2. The summed E-state index contributed by atoms with van der Waals surface area (Å²) in [6.07, 6.45) is 14.8. The second-order valence-corrected chi connectivity index (χ2v) is 18.5. The Kier molecular flexibility index (Phi) is 20.1. The van der Waals surface area contributed by atoms with Gasteiger partial charge in [-0.2, -0.15) is 5.10 Å². The monoisotopic (exact) mass is 1010 g/mol. The van der Waals surface area contributed by atoms with Crippen molar-refractivity contribution in [2.24, 2.45) is 0 Å². The minimum Gasteiger partial charge on any atom is -0.483 e. The number of anilines is 1. The summed E-state index contributed by atoms with van der Waals surface area (Å²) in [5.74, 6) is -3.62. The minimum atomic E-state index is -1.10. The molecule has 0 bridgehead atoms. The predicted molar refractivity (Wildman–Crippen MR) is 259 cm³/mol. The van der Waals surface area contributed by atoms with Crippen molar-refractivity contribution in [1.29, 1.82) is 0 Å². The molecule has 376 valence electrons. The third-order valence-electron chi connectivity index (χ3n) is 12.6. The van der Waals surface area contributed by atoms with E-state index >= 15 is 0 Å². The standard InChI is InChI=1S/C49H61Cl2N9O10/c50-33-16-14-17-34(51)43(33)46(66)56-35-29-54-58-44(35)47(67)55-31-23-27-59(28-24-31)41(64)20-10-6-2-4-7-11-25-52-38(61)19-9-5-1-3-8-12-26-53-40(63)30-70-37-18-13-15-32-42(37)49(69)60(48(32)68)36-21-22-39(62)57-45(36)65/h13-18,29,31,36H,1-12,19-28,30H2,(H,52,61)(H,53,63)(H,54,58)(H,55,67)(H,56,66)(H,57,62,65). The number of fused-ring (bicyclic) bond motifs is 1. The lowest BCUT2D eigenvalue weighted by Crippen LogP contribution is -2.54. The molecule has 70 heavy (non-hydrogen) atoms. The first-order valence-corrected chi connectivity index (χ1v) is 25.0. The highest BCUT2D eigenvalue weighted by Crippen LogP contribution is 2.34. The molecule has 0 radical (unpaired) electrons. The van der Waals surface area contributed by atoms with E-state index in [1.807, 2.05) is 4.90 Å². The lowest BCUT2D eigenvalue weighted by Gasteiger charge is -2.32. The zero-order valence-corrected chi connectivity index (χ0v) is 40.7. The van der Waals surface area contributed by atoms with Crippen LogP contribution in [0.1, 0.15) is 157 Å². The van der Waals surface area contributed by atoms with Crippen LogP contribution in [0.15, 0.2) is 42.6 Å². The molecule has 2 fully saturated rings. The van der Waals surface area contributed by atoms with Crippen molar-refractivity contribution in [3.05, 3.63) is 75.0 Å². The maximum absolute atomic E-state index is 13.2. The first-order valence-electron chi connectivity index (χ1n) is 24.2. The molecule has 6 rings (SSSR count). The molecule has 2 aromatic carbocycles. The van der Waals surface area contributed by atoms with Crippen LogP contribution in [0.25, 0.3) is 0 Å². The Morgan fingerprint density at radius 2 is 1.33 bits per heavy atom. The number of rotatable bonds is 26. The summed E-state index contributed by atoms with van der Waals surface area (Å²) in [7, 11) is 0. The fourth-order valence-corrected chi connectivity index (χ4v) is 9.28. The van der Waals surface area contributed by atoms with Gasteiger partial charge >= 0.3 is 0 Å². The molecule has 1 atom stereocenters. The van der Waals surface area contributed by atoms with Gasteiger partial charge in [-0.05, 0) is 69.2 Å². The van der Waals surface area contributed by atoms with Crippen LogP contribution in [-0.4, -0.2) is 118 Å². The van der Waals surface area contributed by atoms with Crippen molar-refractivity contribution in [1.82, 2.24) is 41.3 Å². The summed E-state index contributed by atoms with van der Waals surface area (Å²) in [5, 5.41) is 20.5. The van der Waals surface area contributed by atoms with Crippen LogP contribution in [0.2, 0.25) is 10.0 Å². The summed E-state index contributed by atoms with van der Waals surface area (Å²) in [6.45, 7) is 1.84. The number of hydrogen-bond donors (Lipinski definition) is 6. The predicted octanol–water partition coefficient (Wildman–Crippen LogP) is 5.86. The summed E-state index contributed by atoms with van der Waals surface area (Å²) in [5.41, 5.74) is 0.459. The summed E-state index contributed by atoms with van der Waals surface area (Å²) >= 11 is 12.3. The lowest BCUT2D eigenvalue weighted by atomic mass is 10.0. The summed E-state index contributed by atoms with van der Waals surface area (Å²) in [6, 6.07) is 7.98. The van der Waals surface area contributed by atoms with E-state index in [-0.39, 0.29) is 87.1 Å². The number of carbonyl (C=O) groups is 9. The van der Waals surface area contributed by atoms with E-state index in [0.717, 1.165) is 81.9 Å². The molecule has 0 saturated carbocycles. The van der Waals surface area contributed by atoms with Gasteiger partial charge in [-0.25, -0.2) is 0 Å². The van der Waals surface area contributed by atoms with Gasteiger partial charge in [0.1, 0.15) is 17.5 Å². The minimum absolute atomic E-state index is 0.00933. The molecular formula is C49H61Cl2N9O10. The number of nitrogens with one attached hydrogen (secondary N) is 6. The molecule has 4 heterocycles. The third-order valence-corrected chi connectivity index (χ3v) is 13.2. The third kappa shape index (κ3) is 14.8. The molecule has 3 aliphatic rings. The Bertz CT molecular complexity index is 2380. The molecule has 0 aliphatic carbocycles. The summed E-state index contributed by atoms with van der Waals surface area (Å²) in [4.78, 5) is 116. The van der Waals surface area contributed by atoms with Crippen LogP contribution in [-0.2, 0) is 24.0 Å². The molecule has 2 saturated heterocycles. The SMILES string of the molecule is O=C(CCCCCCCCNC(=O)COc1cccc2c1C(=O)N(C1CCC(=O)NC1=O)C2=O)NCCCCCCCCC(=O)N1CCC(NC(=O)c2[nH]ncc2NC(=O)c2c(Cl)cccc2Cl)CC1. The average Bonchev–Trinajstić information content (AvgIpc) is 3.90. The number of imide groups is 2. The van der Waals surface area contributed by atoms with Gasteiger partial charge < -0.3 is 30.9 Å². The van der Waals surface area contributed by atoms with Crippen LogP contribution < -0.4 is 31.3 Å². The van der Waals surface area contributed by atoms with Gasteiger partial charge in [0.25, 0.3) is 29.5 Å². The average molecular weight is 1010 g/mol. The highest BCUT2D eigenvalue weighted by Gasteiger charge is 2.46. The van der Waals surface area contributed by atoms with E-state index in [1.165, 1.54) is 24.4 Å². The zero-order valence-electron chi connectivity index (χ0n) is 39.1. The second-order valence-electron chi connectivity index (χ2n) is 17.7. The van der Waals surface area contributed by atoms with Gasteiger partial charge in [-0.3, -0.25) is 58.5 Å². The number of nitrogens with zero attached hydrogens (tertiary/aromatic N) is 3. The number of aromatic nitrogens is 2. The van der Waals surface area contributed by atoms with E-state index < -0.39 is 41.5 Å². The number of carbonyl (C=O) groups excluding carboxylic acids is 9. The van der Waals surface area contributed by atoms with Crippen LogP contribution in [0.3, 0.4) is 0 Å². The molecule has 19 nitrogen and oxygen atoms in total. The second kappa shape index (κ2) is 26.6. The molecular weight excluding hydrogens is 945 g/mol.